The summed E-state index contributed by atoms with van der Waals surface area (Å²) in [5.41, 5.74) is 12.5. The minimum atomic E-state index is -0.495. The SMILES string of the molecule is COc1cc(C)c(Cl)cc1C(N)CC(N)=O. The molecular weight excluding hydrogens is 228 g/mol. The molecule has 5 heteroatoms. The normalized spacial score (nSPS) is 12.2. The molecule has 1 rings (SSSR count). The molecule has 16 heavy (non-hydrogen) atoms. The zero-order valence-electron chi connectivity index (χ0n) is 9.29. The maximum Gasteiger partial charge on any atom is 0.219 e. The van der Waals surface area contributed by atoms with Gasteiger partial charge in [0.25, 0.3) is 0 Å². The molecule has 0 aliphatic heterocycles. The van der Waals surface area contributed by atoms with Crippen LogP contribution < -0.4 is 16.2 Å². The first-order valence-electron chi connectivity index (χ1n) is 4.83. The molecule has 0 spiro atoms. The third-order valence-electron chi connectivity index (χ3n) is 2.33. The van der Waals surface area contributed by atoms with Gasteiger partial charge in [-0.05, 0) is 24.6 Å². The summed E-state index contributed by atoms with van der Waals surface area (Å²) in [7, 11) is 1.54. The summed E-state index contributed by atoms with van der Waals surface area (Å²) < 4.78 is 5.19. The van der Waals surface area contributed by atoms with Crippen LogP contribution in [0.4, 0.5) is 0 Å². The van der Waals surface area contributed by atoms with E-state index in [9.17, 15) is 4.79 Å². The van der Waals surface area contributed by atoms with Gasteiger partial charge in [-0.2, -0.15) is 0 Å². The van der Waals surface area contributed by atoms with Crippen molar-refractivity contribution in [1.29, 1.82) is 0 Å². The van der Waals surface area contributed by atoms with Gasteiger partial charge in [-0.15, -0.1) is 0 Å². The number of ether oxygens (including phenoxy) is 1. The molecule has 1 atom stereocenters. The van der Waals surface area contributed by atoms with Gasteiger partial charge < -0.3 is 16.2 Å². The van der Waals surface area contributed by atoms with Crippen LogP contribution in [0.1, 0.15) is 23.6 Å². The number of nitrogens with two attached hydrogens (primary N) is 2. The molecule has 1 aromatic carbocycles. The van der Waals surface area contributed by atoms with Crippen LogP contribution >= 0.6 is 11.6 Å². The van der Waals surface area contributed by atoms with Crippen molar-refractivity contribution in [3.05, 3.63) is 28.3 Å². The summed E-state index contributed by atoms with van der Waals surface area (Å²) in [6.45, 7) is 1.87. The molecule has 0 aliphatic rings. The first kappa shape index (κ1) is 12.8. The second-order valence-corrected chi connectivity index (χ2v) is 4.03. The van der Waals surface area contributed by atoms with Crippen molar-refractivity contribution in [1.82, 2.24) is 0 Å². The molecule has 0 saturated heterocycles. The van der Waals surface area contributed by atoms with Crippen LogP contribution in [-0.4, -0.2) is 13.0 Å². The lowest BCUT2D eigenvalue weighted by Crippen LogP contribution is -2.21. The quantitative estimate of drug-likeness (QED) is 0.841. The van der Waals surface area contributed by atoms with Crippen LogP contribution in [0, 0.1) is 6.92 Å². The van der Waals surface area contributed by atoms with Crippen LogP contribution in [0.25, 0.3) is 0 Å². The van der Waals surface area contributed by atoms with E-state index in [0.717, 1.165) is 5.56 Å². The highest BCUT2D eigenvalue weighted by molar-refractivity contribution is 6.31. The molecule has 0 saturated carbocycles. The molecule has 0 radical (unpaired) electrons. The van der Waals surface area contributed by atoms with Gasteiger partial charge in [0.15, 0.2) is 0 Å². The van der Waals surface area contributed by atoms with Crippen molar-refractivity contribution < 1.29 is 9.53 Å². The number of halogens is 1. The van der Waals surface area contributed by atoms with E-state index in [0.29, 0.717) is 16.3 Å². The van der Waals surface area contributed by atoms with Crippen LogP contribution in [0.2, 0.25) is 5.02 Å². The zero-order valence-corrected chi connectivity index (χ0v) is 10.0. The van der Waals surface area contributed by atoms with E-state index < -0.39 is 11.9 Å². The maximum absolute atomic E-state index is 10.8. The molecule has 1 unspecified atom stereocenters. The highest BCUT2D eigenvalue weighted by Crippen LogP contribution is 2.31. The summed E-state index contributed by atoms with van der Waals surface area (Å²) in [5, 5.41) is 0.593. The van der Waals surface area contributed by atoms with Gasteiger partial charge in [0.1, 0.15) is 5.75 Å². The Hall–Kier alpha value is -1.26. The molecule has 4 N–H and O–H groups in total. The van der Waals surface area contributed by atoms with Gasteiger partial charge in [-0.25, -0.2) is 0 Å². The largest absolute Gasteiger partial charge is 0.496 e. The number of methoxy groups -OCH3 is 1. The van der Waals surface area contributed by atoms with Crippen molar-refractivity contribution in [2.45, 2.75) is 19.4 Å². The number of hydrogen-bond donors (Lipinski definition) is 2. The van der Waals surface area contributed by atoms with Crippen LogP contribution in [-0.2, 0) is 4.79 Å². The minimum Gasteiger partial charge on any atom is -0.496 e. The van der Waals surface area contributed by atoms with Crippen LogP contribution in [0.3, 0.4) is 0 Å². The standard InChI is InChI=1S/C11H15ClN2O2/c1-6-3-10(16-2)7(4-8(6)12)9(13)5-11(14)15/h3-4,9H,5,13H2,1-2H3,(H2,14,15). The lowest BCUT2D eigenvalue weighted by molar-refractivity contribution is -0.118. The lowest BCUT2D eigenvalue weighted by atomic mass is 10.0. The van der Waals surface area contributed by atoms with E-state index in [1.165, 1.54) is 0 Å². The summed E-state index contributed by atoms with van der Waals surface area (Å²) in [5.74, 6) is 0.168. The Kier molecular flexibility index (Phi) is 4.15. The Bertz CT molecular complexity index is 407. The Morgan fingerprint density at radius 1 is 1.56 bits per heavy atom. The number of aryl methyl sites for hydroxylation is 1. The second-order valence-electron chi connectivity index (χ2n) is 3.62. The number of hydrogen-bond acceptors (Lipinski definition) is 3. The fourth-order valence-electron chi connectivity index (χ4n) is 1.46. The van der Waals surface area contributed by atoms with Crippen molar-refractivity contribution in [2.75, 3.05) is 7.11 Å². The van der Waals surface area contributed by atoms with Gasteiger partial charge in [0.2, 0.25) is 5.91 Å². The summed E-state index contributed by atoms with van der Waals surface area (Å²) >= 11 is 6.00. The predicted molar refractivity (Wildman–Crippen MR) is 63.5 cm³/mol. The molecule has 0 aliphatic carbocycles. The third kappa shape index (κ3) is 2.87. The average molecular weight is 243 g/mol. The fourth-order valence-corrected chi connectivity index (χ4v) is 1.64. The second kappa shape index (κ2) is 5.18. The minimum absolute atomic E-state index is 0.0652. The zero-order chi connectivity index (χ0) is 12.3. The summed E-state index contributed by atoms with van der Waals surface area (Å²) in [4.78, 5) is 10.8. The highest BCUT2D eigenvalue weighted by Gasteiger charge is 2.16. The number of amides is 1. The number of carbonyl (C=O) groups excluding carboxylic acids is 1. The molecule has 4 nitrogen and oxygen atoms in total. The van der Waals surface area contributed by atoms with Gasteiger partial charge >= 0.3 is 0 Å². The number of carbonyl (C=O) groups is 1. The Morgan fingerprint density at radius 3 is 2.69 bits per heavy atom. The Morgan fingerprint density at radius 2 is 2.19 bits per heavy atom. The van der Waals surface area contributed by atoms with E-state index in [1.54, 1.807) is 19.2 Å². The van der Waals surface area contributed by atoms with E-state index in [-0.39, 0.29) is 6.42 Å². The van der Waals surface area contributed by atoms with E-state index in [4.69, 9.17) is 27.8 Å². The third-order valence-corrected chi connectivity index (χ3v) is 2.74. The average Bonchev–Trinajstić information content (AvgIpc) is 2.20. The Balaban J connectivity index is 3.10. The molecule has 1 amide bonds. The molecule has 0 fully saturated rings. The van der Waals surface area contributed by atoms with Crippen molar-refractivity contribution >= 4 is 17.5 Å². The maximum atomic E-state index is 10.8. The van der Waals surface area contributed by atoms with Crippen molar-refractivity contribution in [3.63, 3.8) is 0 Å². The molecule has 1 aromatic rings. The molecule has 0 aromatic heterocycles. The topological polar surface area (TPSA) is 78.3 Å². The Labute approximate surface area is 99.5 Å². The molecule has 0 bridgehead atoms. The monoisotopic (exact) mass is 242 g/mol. The lowest BCUT2D eigenvalue weighted by Gasteiger charge is -2.15. The van der Waals surface area contributed by atoms with Gasteiger partial charge in [0, 0.05) is 23.0 Å². The molecule has 88 valence electrons. The number of rotatable bonds is 4. The predicted octanol–water partition coefficient (Wildman–Crippen LogP) is 1.53. The van der Waals surface area contributed by atoms with Gasteiger partial charge in [-0.3, -0.25) is 4.79 Å². The van der Waals surface area contributed by atoms with Gasteiger partial charge in [-0.1, -0.05) is 11.6 Å². The summed E-state index contributed by atoms with van der Waals surface area (Å²) in [6.07, 6.45) is 0.0652. The van der Waals surface area contributed by atoms with Crippen molar-refractivity contribution in [2.24, 2.45) is 11.5 Å². The smallest absolute Gasteiger partial charge is 0.219 e. The van der Waals surface area contributed by atoms with E-state index >= 15 is 0 Å². The number of primary amides is 1. The first-order valence-corrected chi connectivity index (χ1v) is 5.21. The van der Waals surface area contributed by atoms with Gasteiger partial charge in [0.05, 0.1) is 7.11 Å². The highest BCUT2D eigenvalue weighted by atomic mass is 35.5. The summed E-state index contributed by atoms with van der Waals surface area (Å²) in [6, 6.07) is 3.01. The van der Waals surface area contributed by atoms with Crippen molar-refractivity contribution in [3.8, 4) is 5.75 Å². The van der Waals surface area contributed by atoms with Crippen LogP contribution in [0.15, 0.2) is 12.1 Å². The molecule has 0 heterocycles. The number of benzene rings is 1. The van der Waals surface area contributed by atoms with E-state index in [1.807, 2.05) is 6.92 Å². The van der Waals surface area contributed by atoms with Crippen LogP contribution in [0.5, 0.6) is 5.75 Å². The first-order chi connectivity index (χ1) is 7.45. The van der Waals surface area contributed by atoms with E-state index in [2.05, 4.69) is 0 Å². The molecular formula is C11H15ClN2O2. The fraction of sp³-hybridized carbons (Fsp3) is 0.364.